The van der Waals surface area contributed by atoms with Crippen molar-refractivity contribution in [3.63, 3.8) is 0 Å². The molecule has 2 N–H and O–H groups in total. The zero-order chi connectivity index (χ0) is 14.4. The molecule has 108 valence electrons. The van der Waals surface area contributed by atoms with Gasteiger partial charge in [-0.15, -0.1) is 0 Å². The third kappa shape index (κ3) is 3.93. The maximum absolute atomic E-state index is 14.0. The molecule has 19 heavy (non-hydrogen) atoms. The van der Waals surface area contributed by atoms with Crippen LogP contribution in [0.25, 0.3) is 0 Å². The molecule has 2 atom stereocenters. The Labute approximate surface area is 116 Å². The minimum Gasteiger partial charge on any atom is -0.368 e. The van der Waals surface area contributed by atoms with Crippen molar-refractivity contribution < 1.29 is 4.39 Å². The Balaban J connectivity index is 3.17. The van der Waals surface area contributed by atoms with E-state index in [1.165, 1.54) is 6.07 Å². The normalized spacial score (nSPS) is 14.2. The molecule has 0 saturated carbocycles. The number of nitrogens with zero attached hydrogens (tertiary/aromatic N) is 1. The Kier molecular flexibility index (Phi) is 6.29. The van der Waals surface area contributed by atoms with Gasteiger partial charge in [0.05, 0.1) is 0 Å². The van der Waals surface area contributed by atoms with Crippen LogP contribution in [-0.4, -0.2) is 12.6 Å². The molecule has 0 bridgehead atoms. The van der Waals surface area contributed by atoms with E-state index in [1.54, 1.807) is 6.07 Å². The van der Waals surface area contributed by atoms with Crippen LogP contribution in [0.1, 0.15) is 58.6 Å². The SMILES string of the molecule is CCCCN(c1cccc(F)c1[C@@H](C)N)C(C)CC. The van der Waals surface area contributed by atoms with Crippen molar-refractivity contribution >= 4 is 5.69 Å². The summed E-state index contributed by atoms with van der Waals surface area (Å²) < 4.78 is 14.0. The molecule has 3 heteroatoms. The first-order valence-corrected chi connectivity index (χ1v) is 7.33. The molecule has 1 aromatic rings. The van der Waals surface area contributed by atoms with E-state index in [4.69, 9.17) is 5.73 Å². The predicted octanol–water partition coefficient (Wildman–Crippen LogP) is 4.25. The summed E-state index contributed by atoms with van der Waals surface area (Å²) in [5.41, 5.74) is 7.55. The van der Waals surface area contributed by atoms with Crippen molar-refractivity contribution in [2.75, 3.05) is 11.4 Å². The summed E-state index contributed by atoms with van der Waals surface area (Å²) >= 11 is 0. The van der Waals surface area contributed by atoms with Gasteiger partial charge >= 0.3 is 0 Å². The van der Waals surface area contributed by atoms with Crippen LogP contribution < -0.4 is 10.6 Å². The fourth-order valence-electron chi connectivity index (χ4n) is 2.35. The smallest absolute Gasteiger partial charge is 0.130 e. The van der Waals surface area contributed by atoms with Gasteiger partial charge in [-0.2, -0.15) is 0 Å². The molecular formula is C16H27FN2. The average Bonchev–Trinajstić information content (AvgIpc) is 2.38. The number of rotatable bonds is 7. The molecule has 1 aromatic carbocycles. The Bertz CT molecular complexity index is 390. The van der Waals surface area contributed by atoms with E-state index in [-0.39, 0.29) is 11.9 Å². The van der Waals surface area contributed by atoms with Crippen LogP contribution in [0.3, 0.4) is 0 Å². The highest BCUT2D eigenvalue weighted by Crippen LogP contribution is 2.30. The molecule has 0 heterocycles. The second-order valence-electron chi connectivity index (χ2n) is 5.27. The minimum absolute atomic E-state index is 0.197. The molecule has 0 aliphatic rings. The van der Waals surface area contributed by atoms with Gasteiger partial charge in [0.15, 0.2) is 0 Å². The van der Waals surface area contributed by atoms with Gasteiger partial charge in [0, 0.05) is 29.9 Å². The van der Waals surface area contributed by atoms with Gasteiger partial charge in [-0.1, -0.05) is 26.3 Å². The number of halogens is 1. The van der Waals surface area contributed by atoms with Crippen molar-refractivity contribution in [3.05, 3.63) is 29.6 Å². The summed E-state index contributed by atoms with van der Waals surface area (Å²) in [4.78, 5) is 2.30. The molecule has 0 fully saturated rings. The summed E-state index contributed by atoms with van der Waals surface area (Å²) in [6, 6.07) is 5.37. The molecule has 0 saturated heterocycles. The number of unbranched alkanes of at least 4 members (excludes halogenated alkanes) is 1. The fourth-order valence-corrected chi connectivity index (χ4v) is 2.35. The van der Waals surface area contributed by atoms with Crippen molar-refractivity contribution in [2.24, 2.45) is 5.73 Å². The molecular weight excluding hydrogens is 239 g/mol. The van der Waals surface area contributed by atoms with E-state index in [9.17, 15) is 4.39 Å². The molecule has 0 amide bonds. The third-order valence-corrected chi connectivity index (χ3v) is 3.67. The number of nitrogens with two attached hydrogens (primary N) is 1. The largest absolute Gasteiger partial charge is 0.368 e. The first-order chi connectivity index (χ1) is 9.02. The Hall–Kier alpha value is -1.09. The molecule has 0 aromatic heterocycles. The van der Waals surface area contributed by atoms with E-state index in [0.29, 0.717) is 11.6 Å². The molecule has 2 nitrogen and oxygen atoms in total. The Morgan fingerprint density at radius 3 is 2.47 bits per heavy atom. The summed E-state index contributed by atoms with van der Waals surface area (Å²) in [5.74, 6) is -0.197. The lowest BCUT2D eigenvalue weighted by Crippen LogP contribution is -2.35. The highest BCUT2D eigenvalue weighted by atomic mass is 19.1. The van der Waals surface area contributed by atoms with Crippen LogP contribution in [-0.2, 0) is 0 Å². The third-order valence-electron chi connectivity index (χ3n) is 3.67. The summed E-state index contributed by atoms with van der Waals surface area (Å²) in [7, 11) is 0. The number of hydrogen-bond donors (Lipinski definition) is 1. The van der Waals surface area contributed by atoms with Crippen LogP contribution in [0.2, 0.25) is 0 Å². The van der Waals surface area contributed by atoms with Crippen LogP contribution in [0, 0.1) is 5.82 Å². The second-order valence-corrected chi connectivity index (χ2v) is 5.27. The minimum atomic E-state index is -0.288. The van der Waals surface area contributed by atoms with Gasteiger partial charge in [0.2, 0.25) is 0 Å². The maximum atomic E-state index is 14.0. The van der Waals surface area contributed by atoms with Gasteiger partial charge in [-0.05, 0) is 38.8 Å². The molecule has 0 aliphatic carbocycles. The predicted molar refractivity (Wildman–Crippen MR) is 81.0 cm³/mol. The summed E-state index contributed by atoms with van der Waals surface area (Å²) in [6.07, 6.45) is 3.29. The maximum Gasteiger partial charge on any atom is 0.130 e. The van der Waals surface area contributed by atoms with E-state index in [0.717, 1.165) is 31.5 Å². The zero-order valence-corrected chi connectivity index (χ0v) is 12.6. The Morgan fingerprint density at radius 2 is 1.95 bits per heavy atom. The quantitative estimate of drug-likeness (QED) is 0.799. The fraction of sp³-hybridized carbons (Fsp3) is 0.625. The lowest BCUT2D eigenvalue weighted by molar-refractivity contribution is 0.569. The van der Waals surface area contributed by atoms with E-state index >= 15 is 0 Å². The number of benzene rings is 1. The molecule has 0 aliphatic heterocycles. The van der Waals surface area contributed by atoms with Gasteiger partial charge in [0.1, 0.15) is 5.82 Å². The van der Waals surface area contributed by atoms with Gasteiger partial charge in [-0.25, -0.2) is 4.39 Å². The molecule has 0 spiro atoms. The van der Waals surface area contributed by atoms with Crippen LogP contribution in [0.5, 0.6) is 0 Å². The van der Waals surface area contributed by atoms with Gasteiger partial charge < -0.3 is 10.6 Å². The highest BCUT2D eigenvalue weighted by molar-refractivity contribution is 5.56. The van der Waals surface area contributed by atoms with Crippen LogP contribution >= 0.6 is 0 Å². The van der Waals surface area contributed by atoms with Crippen LogP contribution in [0.15, 0.2) is 18.2 Å². The van der Waals surface area contributed by atoms with Crippen molar-refractivity contribution in [3.8, 4) is 0 Å². The first-order valence-electron chi connectivity index (χ1n) is 7.33. The van der Waals surface area contributed by atoms with Crippen molar-refractivity contribution in [1.29, 1.82) is 0 Å². The molecule has 0 radical (unpaired) electrons. The van der Waals surface area contributed by atoms with Crippen molar-refractivity contribution in [1.82, 2.24) is 0 Å². The molecule has 1 unspecified atom stereocenters. The number of anilines is 1. The first kappa shape index (κ1) is 16.0. The van der Waals surface area contributed by atoms with E-state index in [2.05, 4.69) is 25.7 Å². The topological polar surface area (TPSA) is 29.3 Å². The highest BCUT2D eigenvalue weighted by Gasteiger charge is 2.20. The molecule has 1 rings (SSSR count). The van der Waals surface area contributed by atoms with E-state index in [1.807, 2.05) is 13.0 Å². The van der Waals surface area contributed by atoms with Crippen molar-refractivity contribution in [2.45, 2.75) is 59.0 Å². The van der Waals surface area contributed by atoms with Gasteiger partial charge in [0.25, 0.3) is 0 Å². The standard InChI is InChI=1S/C16H27FN2/c1-5-7-11-19(12(3)6-2)15-10-8-9-14(17)16(15)13(4)18/h8-10,12-13H,5-7,11,18H2,1-4H3/t12?,13-/m1/s1. The summed E-state index contributed by atoms with van der Waals surface area (Å²) in [6.45, 7) is 9.32. The lowest BCUT2D eigenvalue weighted by Gasteiger charge is -2.33. The zero-order valence-electron chi connectivity index (χ0n) is 12.6. The monoisotopic (exact) mass is 266 g/mol. The number of hydrogen-bond acceptors (Lipinski definition) is 2. The lowest BCUT2D eigenvalue weighted by atomic mass is 10.0. The summed E-state index contributed by atoms with van der Waals surface area (Å²) in [5, 5.41) is 0. The Morgan fingerprint density at radius 1 is 1.26 bits per heavy atom. The van der Waals surface area contributed by atoms with Gasteiger partial charge in [-0.3, -0.25) is 0 Å². The van der Waals surface area contributed by atoms with Crippen LogP contribution in [0.4, 0.5) is 10.1 Å². The second kappa shape index (κ2) is 7.49. The van der Waals surface area contributed by atoms with E-state index < -0.39 is 0 Å². The average molecular weight is 266 g/mol.